The summed E-state index contributed by atoms with van der Waals surface area (Å²) in [5, 5.41) is 9.86. The summed E-state index contributed by atoms with van der Waals surface area (Å²) >= 11 is 12.4. The lowest BCUT2D eigenvalue weighted by atomic mass is 10.0. The molecule has 2 aromatic carbocycles. The van der Waals surface area contributed by atoms with Gasteiger partial charge in [-0.25, -0.2) is 14.5 Å². The van der Waals surface area contributed by atoms with Crippen LogP contribution in [0.3, 0.4) is 0 Å². The number of carbonyl (C=O) groups is 1. The van der Waals surface area contributed by atoms with Crippen LogP contribution in [0.2, 0.25) is 10.0 Å². The highest BCUT2D eigenvalue weighted by Gasteiger charge is 2.18. The minimum absolute atomic E-state index is 0.249. The van der Waals surface area contributed by atoms with Crippen LogP contribution >= 0.6 is 23.2 Å². The molecule has 0 unspecified atom stereocenters. The molecule has 0 saturated carbocycles. The predicted octanol–water partition coefficient (Wildman–Crippen LogP) is 5.22. The van der Waals surface area contributed by atoms with Crippen molar-refractivity contribution in [3.63, 3.8) is 0 Å². The first kappa shape index (κ1) is 23.8. The minimum atomic E-state index is -0.464. The van der Waals surface area contributed by atoms with Crippen LogP contribution in [-0.4, -0.2) is 49.2 Å². The van der Waals surface area contributed by atoms with Crippen molar-refractivity contribution in [2.24, 2.45) is 0 Å². The lowest BCUT2D eigenvalue weighted by Gasteiger charge is -2.10. The van der Waals surface area contributed by atoms with Crippen LogP contribution in [0.15, 0.2) is 61.1 Å². The third-order valence-corrected chi connectivity index (χ3v) is 6.01. The van der Waals surface area contributed by atoms with E-state index in [4.69, 9.17) is 32.7 Å². The van der Waals surface area contributed by atoms with Gasteiger partial charge in [-0.15, -0.1) is 0 Å². The van der Waals surface area contributed by atoms with E-state index in [-0.39, 0.29) is 12.6 Å². The quantitative estimate of drug-likeness (QED) is 0.270. The van der Waals surface area contributed by atoms with Crippen molar-refractivity contribution in [2.75, 3.05) is 13.7 Å². The molecule has 0 radical (unpaired) electrons. The van der Waals surface area contributed by atoms with Gasteiger partial charge in [-0.1, -0.05) is 53.5 Å². The van der Waals surface area contributed by atoms with Gasteiger partial charge < -0.3 is 9.47 Å². The third-order valence-electron chi connectivity index (χ3n) is 5.47. The molecule has 36 heavy (non-hydrogen) atoms. The Labute approximate surface area is 216 Å². The number of benzene rings is 2. The van der Waals surface area contributed by atoms with Gasteiger partial charge in [0.15, 0.2) is 0 Å². The van der Waals surface area contributed by atoms with Gasteiger partial charge in [0.05, 0.1) is 38.2 Å². The molecule has 0 spiro atoms. The van der Waals surface area contributed by atoms with E-state index in [1.807, 2.05) is 36.4 Å². The summed E-state index contributed by atoms with van der Waals surface area (Å²) in [6.45, 7) is 2.49. The van der Waals surface area contributed by atoms with E-state index < -0.39 is 5.97 Å². The molecule has 182 valence electrons. The fraction of sp³-hybridized carbons (Fsp3) is 0.160. The number of esters is 1. The van der Waals surface area contributed by atoms with Gasteiger partial charge >= 0.3 is 5.97 Å². The first-order valence-corrected chi connectivity index (χ1v) is 11.8. The number of fused-ring (bicyclic) bond motifs is 1. The Kier molecular flexibility index (Phi) is 6.58. The molecule has 9 nitrogen and oxygen atoms in total. The molecule has 5 rings (SSSR count). The van der Waals surface area contributed by atoms with Crippen molar-refractivity contribution in [3.8, 4) is 23.0 Å². The molecule has 3 heterocycles. The van der Waals surface area contributed by atoms with Crippen molar-refractivity contribution >= 4 is 40.2 Å². The first-order valence-electron chi connectivity index (χ1n) is 11.0. The van der Waals surface area contributed by atoms with Gasteiger partial charge in [-0.05, 0) is 30.2 Å². The lowest BCUT2D eigenvalue weighted by molar-refractivity contribution is 0.0526. The second-order valence-corrected chi connectivity index (χ2v) is 8.63. The van der Waals surface area contributed by atoms with Crippen LogP contribution in [0.25, 0.3) is 28.1 Å². The zero-order valence-corrected chi connectivity index (χ0v) is 20.9. The standard InChI is InChI=1S/C25H20Cl2N6O3/c1-3-36-24(34)17-11-28-33(14-17)25-30-21-12-29-32(22(21)23(31-25)35-2)13-15-4-6-16(7-5-15)19-9-8-18(26)10-20(19)27/h4-12,14H,3,13H2,1-2H3. The smallest absolute Gasteiger partial charge is 0.341 e. The Morgan fingerprint density at radius 2 is 1.83 bits per heavy atom. The van der Waals surface area contributed by atoms with Crippen molar-refractivity contribution in [2.45, 2.75) is 13.5 Å². The number of rotatable bonds is 7. The number of ether oxygens (including phenoxy) is 2. The number of nitrogens with zero attached hydrogens (tertiary/aromatic N) is 6. The summed E-state index contributed by atoms with van der Waals surface area (Å²) in [7, 11) is 1.53. The lowest BCUT2D eigenvalue weighted by Crippen LogP contribution is -2.07. The average molecular weight is 523 g/mol. The number of hydrogen-bond acceptors (Lipinski definition) is 7. The highest BCUT2D eigenvalue weighted by atomic mass is 35.5. The zero-order chi connectivity index (χ0) is 25.2. The minimum Gasteiger partial charge on any atom is -0.479 e. The number of methoxy groups -OCH3 is 1. The molecule has 0 amide bonds. The highest BCUT2D eigenvalue weighted by Crippen LogP contribution is 2.31. The maximum absolute atomic E-state index is 12.0. The molecule has 0 atom stereocenters. The highest BCUT2D eigenvalue weighted by molar-refractivity contribution is 6.36. The molecule has 5 aromatic rings. The fourth-order valence-electron chi connectivity index (χ4n) is 3.76. The SMILES string of the molecule is CCOC(=O)c1cnn(-c2nc(OC)c3c(cnn3Cc3ccc(-c4ccc(Cl)cc4Cl)cc3)n2)c1. The van der Waals surface area contributed by atoms with Crippen LogP contribution in [0, 0.1) is 0 Å². The molecule has 0 fully saturated rings. The summed E-state index contributed by atoms with van der Waals surface area (Å²) in [5.74, 6) is 0.123. The number of aromatic nitrogens is 6. The van der Waals surface area contributed by atoms with E-state index in [9.17, 15) is 4.79 Å². The van der Waals surface area contributed by atoms with E-state index in [1.54, 1.807) is 23.9 Å². The molecule has 0 aliphatic carbocycles. The van der Waals surface area contributed by atoms with Crippen LogP contribution in [-0.2, 0) is 11.3 Å². The number of carbonyl (C=O) groups excluding carboxylic acids is 1. The van der Waals surface area contributed by atoms with E-state index in [1.165, 1.54) is 24.2 Å². The van der Waals surface area contributed by atoms with Gasteiger partial charge in [0.2, 0.25) is 5.88 Å². The Hall–Kier alpha value is -3.95. The first-order chi connectivity index (χ1) is 17.5. The molecule has 0 N–H and O–H groups in total. The van der Waals surface area contributed by atoms with E-state index in [2.05, 4.69) is 20.2 Å². The van der Waals surface area contributed by atoms with Gasteiger partial charge in [0, 0.05) is 21.8 Å². The monoisotopic (exact) mass is 522 g/mol. The molecule has 0 saturated heterocycles. The second kappa shape index (κ2) is 9.96. The van der Waals surface area contributed by atoms with Gasteiger partial charge in [0.25, 0.3) is 5.95 Å². The Bertz CT molecular complexity index is 1560. The maximum atomic E-state index is 12.0. The van der Waals surface area contributed by atoms with Crippen LogP contribution in [0.4, 0.5) is 0 Å². The molecular weight excluding hydrogens is 503 g/mol. The summed E-state index contributed by atoms with van der Waals surface area (Å²) in [6.07, 6.45) is 4.56. The van der Waals surface area contributed by atoms with Gasteiger partial charge in [-0.2, -0.15) is 15.2 Å². The van der Waals surface area contributed by atoms with Gasteiger partial charge in [-0.3, -0.25) is 4.68 Å². The molecule has 0 aliphatic rings. The van der Waals surface area contributed by atoms with Crippen LogP contribution < -0.4 is 4.74 Å². The van der Waals surface area contributed by atoms with Crippen molar-refractivity contribution < 1.29 is 14.3 Å². The Balaban J connectivity index is 1.43. The molecule has 3 aromatic heterocycles. The third kappa shape index (κ3) is 4.62. The molecule has 0 bridgehead atoms. The fourth-order valence-corrected chi connectivity index (χ4v) is 4.27. The largest absolute Gasteiger partial charge is 0.479 e. The number of halogens is 2. The van der Waals surface area contributed by atoms with Crippen molar-refractivity contribution in [1.29, 1.82) is 0 Å². The predicted molar refractivity (Wildman–Crippen MR) is 136 cm³/mol. The average Bonchev–Trinajstić information content (AvgIpc) is 3.52. The summed E-state index contributed by atoms with van der Waals surface area (Å²) in [4.78, 5) is 21.0. The van der Waals surface area contributed by atoms with Crippen LogP contribution in [0.1, 0.15) is 22.8 Å². The normalized spacial score (nSPS) is 11.1. The Morgan fingerprint density at radius 1 is 1.03 bits per heavy atom. The molecule has 11 heteroatoms. The molecule has 0 aliphatic heterocycles. The number of hydrogen-bond donors (Lipinski definition) is 0. The van der Waals surface area contributed by atoms with E-state index >= 15 is 0 Å². The van der Waals surface area contributed by atoms with Crippen molar-refractivity contribution in [3.05, 3.63) is 82.2 Å². The van der Waals surface area contributed by atoms with Crippen molar-refractivity contribution in [1.82, 2.24) is 29.5 Å². The van der Waals surface area contributed by atoms with Crippen LogP contribution in [0.5, 0.6) is 5.88 Å². The van der Waals surface area contributed by atoms with E-state index in [0.29, 0.717) is 39.1 Å². The zero-order valence-electron chi connectivity index (χ0n) is 19.4. The maximum Gasteiger partial charge on any atom is 0.341 e. The van der Waals surface area contributed by atoms with E-state index in [0.717, 1.165) is 16.7 Å². The topological polar surface area (TPSA) is 97.0 Å². The summed E-state index contributed by atoms with van der Waals surface area (Å²) in [6, 6.07) is 13.5. The summed E-state index contributed by atoms with van der Waals surface area (Å²) in [5.41, 5.74) is 4.44. The van der Waals surface area contributed by atoms with Gasteiger partial charge in [0.1, 0.15) is 11.0 Å². The summed E-state index contributed by atoms with van der Waals surface area (Å²) < 4.78 is 13.7. The second-order valence-electron chi connectivity index (χ2n) is 7.78. The molecular formula is C25H20Cl2N6O3. The Morgan fingerprint density at radius 3 is 2.56 bits per heavy atom.